The number of nitrogens with zero attached hydrogens (tertiary/aromatic N) is 2. The molecule has 1 aromatic heterocycles. The molecule has 6 nitrogen and oxygen atoms in total. The number of aromatic carboxylic acids is 1. The molecule has 0 unspecified atom stereocenters. The third kappa shape index (κ3) is 1.80. The maximum absolute atomic E-state index is 12.3. The second-order valence-corrected chi connectivity index (χ2v) is 4.87. The van der Waals surface area contributed by atoms with Gasteiger partial charge in [-0.15, -0.1) is 0 Å². The van der Waals surface area contributed by atoms with Gasteiger partial charge in [-0.3, -0.25) is 9.59 Å². The number of fused-ring (bicyclic) bond motifs is 1. The van der Waals surface area contributed by atoms with E-state index in [0.717, 1.165) is 4.90 Å². The molecule has 1 saturated heterocycles. The first-order valence-corrected chi connectivity index (χ1v) is 6.31. The van der Waals surface area contributed by atoms with E-state index in [0.29, 0.717) is 18.5 Å². The summed E-state index contributed by atoms with van der Waals surface area (Å²) < 4.78 is 0. The van der Waals surface area contributed by atoms with Crippen LogP contribution in [0.15, 0.2) is 30.5 Å². The summed E-state index contributed by atoms with van der Waals surface area (Å²) in [4.78, 5) is 40.2. The largest absolute Gasteiger partial charge is 0.477 e. The van der Waals surface area contributed by atoms with Crippen molar-refractivity contribution in [3.05, 3.63) is 36.2 Å². The summed E-state index contributed by atoms with van der Waals surface area (Å²) in [5.74, 6) is -2.20. The molecular weight excluding hydrogens is 260 g/mol. The zero-order valence-corrected chi connectivity index (χ0v) is 10.5. The molecular formula is C14H12N2O4. The minimum Gasteiger partial charge on any atom is -0.477 e. The third-order valence-electron chi connectivity index (χ3n) is 3.73. The van der Waals surface area contributed by atoms with Crippen molar-refractivity contribution in [2.45, 2.75) is 12.8 Å². The van der Waals surface area contributed by atoms with Crippen molar-refractivity contribution in [3.8, 4) is 0 Å². The van der Waals surface area contributed by atoms with E-state index in [-0.39, 0.29) is 29.3 Å². The number of rotatable bonds is 2. The first-order valence-electron chi connectivity index (χ1n) is 6.31. The standard InChI is InChI=1S/C14H12N2O4/c17-12-9-3-1-2-4-10(9)13(18)16(12)8-5-6-11(14(19)20)15-7-8/h1-2,5-7,9-10H,3-4H2,(H,19,20)/t9-,10+. The smallest absolute Gasteiger partial charge is 0.354 e. The summed E-state index contributed by atoms with van der Waals surface area (Å²) in [5.41, 5.74) is 0.214. The number of imide groups is 1. The Morgan fingerprint density at radius 1 is 1.15 bits per heavy atom. The molecule has 0 radical (unpaired) electrons. The fourth-order valence-corrected chi connectivity index (χ4v) is 2.70. The van der Waals surface area contributed by atoms with Crippen LogP contribution in [0.3, 0.4) is 0 Å². The Kier molecular flexibility index (Phi) is 2.85. The van der Waals surface area contributed by atoms with Crippen molar-refractivity contribution in [1.29, 1.82) is 0 Å². The molecule has 6 heteroatoms. The lowest BCUT2D eigenvalue weighted by Gasteiger charge is -2.14. The van der Waals surface area contributed by atoms with Gasteiger partial charge in [0.2, 0.25) is 11.8 Å². The maximum atomic E-state index is 12.3. The van der Waals surface area contributed by atoms with E-state index in [1.807, 2.05) is 12.2 Å². The van der Waals surface area contributed by atoms with Crippen molar-refractivity contribution in [2.24, 2.45) is 11.8 Å². The Hall–Kier alpha value is -2.50. The number of carboxylic acid groups (broad SMARTS) is 1. The SMILES string of the molecule is O=C(O)c1ccc(N2C(=O)[C@H]3CC=CC[C@H]3C2=O)cn1. The summed E-state index contributed by atoms with van der Waals surface area (Å²) in [6, 6.07) is 2.73. The van der Waals surface area contributed by atoms with E-state index in [1.165, 1.54) is 18.3 Å². The van der Waals surface area contributed by atoms with Gasteiger partial charge in [-0.1, -0.05) is 12.2 Å². The molecule has 0 spiro atoms. The summed E-state index contributed by atoms with van der Waals surface area (Å²) in [5, 5.41) is 8.80. The molecule has 2 amide bonds. The lowest BCUT2D eigenvalue weighted by Crippen LogP contribution is -2.31. The molecule has 3 rings (SSSR count). The van der Waals surface area contributed by atoms with Gasteiger partial charge in [-0.2, -0.15) is 0 Å². The number of aromatic nitrogens is 1. The molecule has 2 heterocycles. The number of amides is 2. The van der Waals surface area contributed by atoms with Crippen molar-refractivity contribution < 1.29 is 19.5 Å². The van der Waals surface area contributed by atoms with Gasteiger partial charge in [0.15, 0.2) is 0 Å². The molecule has 1 fully saturated rings. The van der Waals surface area contributed by atoms with E-state index in [1.54, 1.807) is 0 Å². The van der Waals surface area contributed by atoms with Crippen LogP contribution in [0, 0.1) is 11.8 Å². The van der Waals surface area contributed by atoms with Crippen LogP contribution < -0.4 is 4.90 Å². The number of carbonyl (C=O) groups is 3. The van der Waals surface area contributed by atoms with Gasteiger partial charge in [-0.05, 0) is 25.0 Å². The van der Waals surface area contributed by atoms with E-state index in [9.17, 15) is 14.4 Å². The number of carbonyl (C=O) groups excluding carboxylic acids is 2. The number of allylic oxidation sites excluding steroid dienone is 2. The number of carboxylic acids is 1. The highest BCUT2D eigenvalue weighted by atomic mass is 16.4. The van der Waals surface area contributed by atoms with Gasteiger partial charge in [-0.25, -0.2) is 14.7 Å². The Morgan fingerprint density at radius 3 is 2.20 bits per heavy atom. The molecule has 102 valence electrons. The lowest BCUT2D eigenvalue weighted by atomic mass is 9.85. The Morgan fingerprint density at radius 2 is 1.75 bits per heavy atom. The minimum atomic E-state index is -1.14. The monoisotopic (exact) mass is 272 g/mol. The highest BCUT2D eigenvalue weighted by Gasteiger charge is 2.47. The summed E-state index contributed by atoms with van der Waals surface area (Å²) in [6.07, 6.45) is 6.24. The van der Waals surface area contributed by atoms with E-state index in [2.05, 4.69) is 4.98 Å². The molecule has 1 aliphatic carbocycles. The van der Waals surface area contributed by atoms with Crippen LogP contribution in [-0.4, -0.2) is 27.9 Å². The summed E-state index contributed by atoms with van der Waals surface area (Å²) in [7, 11) is 0. The van der Waals surface area contributed by atoms with Crippen molar-refractivity contribution in [1.82, 2.24) is 4.98 Å². The van der Waals surface area contributed by atoms with Gasteiger partial charge >= 0.3 is 5.97 Å². The Balaban J connectivity index is 1.92. The van der Waals surface area contributed by atoms with Gasteiger partial charge in [0.05, 0.1) is 23.7 Å². The fraction of sp³-hybridized carbons (Fsp3) is 0.286. The molecule has 2 aliphatic rings. The second-order valence-electron chi connectivity index (χ2n) is 4.87. The number of hydrogen-bond donors (Lipinski definition) is 1. The fourth-order valence-electron chi connectivity index (χ4n) is 2.70. The normalized spacial score (nSPS) is 24.9. The van der Waals surface area contributed by atoms with Gasteiger partial charge in [0, 0.05) is 0 Å². The van der Waals surface area contributed by atoms with E-state index in [4.69, 9.17) is 5.11 Å². The summed E-state index contributed by atoms with van der Waals surface area (Å²) in [6.45, 7) is 0. The molecule has 0 bridgehead atoms. The lowest BCUT2D eigenvalue weighted by molar-refractivity contribution is -0.122. The molecule has 1 aliphatic heterocycles. The van der Waals surface area contributed by atoms with Crippen LogP contribution in [0.1, 0.15) is 23.3 Å². The van der Waals surface area contributed by atoms with Crippen LogP contribution in [0.5, 0.6) is 0 Å². The van der Waals surface area contributed by atoms with Crippen LogP contribution in [0.2, 0.25) is 0 Å². The first-order chi connectivity index (χ1) is 9.59. The van der Waals surface area contributed by atoms with Gasteiger partial charge < -0.3 is 5.11 Å². The van der Waals surface area contributed by atoms with Crippen molar-refractivity contribution >= 4 is 23.5 Å². The molecule has 1 N–H and O–H groups in total. The number of pyridine rings is 1. The molecule has 0 aromatic carbocycles. The quantitative estimate of drug-likeness (QED) is 0.646. The molecule has 1 aromatic rings. The highest BCUT2D eigenvalue weighted by Crippen LogP contribution is 2.37. The average molecular weight is 272 g/mol. The third-order valence-corrected chi connectivity index (χ3v) is 3.73. The van der Waals surface area contributed by atoms with Crippen molar-refractivity contribution in [3.63, 3.8) is 0 Å². The zero-order chi connectivity index (χ0) is 14.3. The Labute approximate surface area is 114 Å². The van der Waals surface area contributed by atoms with Gasteiger partial charge in [0.1, 0.15) is 5.69 Å². The molecule has 20 heavy (non-hydrogen) atoms. The predicted molar refractivity (Wildman–Crippen MR) is 69.0 cm³/mol. The zero-order valence-electron chi connectivity index (χ0n) is 10.5. The van der Waals surface area contributed by atoms with Crippen molar-refractivity contribution in [2.75, 3.05) is 4.90 Å². The average Bonchev–Trinajstić information content (AvgIpc) is 2.72. The van der Waals surface area contributed by atoms with Crippen LogP contribution in [0.25, 0.3) is 0 Å². The van der Waals surface area contributed by atoms with E-state index >= 15 is 0 Å². The molecule has 2 atom stereocenters. The van der Waals surface area contributed by atoms with E-state index < -0.39 is 5.97 Å². The molecule has 0 saturated carbocycles. The maximum Gasteiger partial charge on any atom is 0.354 e. The highest BCUT2D eigenvalue weighted by molar-refractivity contribution is 6.22. The van der Waals surface area contributed by atoms with Crippen LogP contribution >= 0.6 is 0 Å². The van der Waals surface area contributed by atoms with Crippen LogP contribution in [-0.2, 0) is 9.59 Å². The minimum absolute atomic E-state index is 0.119. The first kappa shape index (κ1) is 12.5. The summed E-state index contributed by atoms with van der Waals surface area (Å²) >= 11 is 0. The van der Waals surface area contributed by atoms with Gasteiger partial charge in [0.25, 0.3) is 0 Å². The Bertz CT molecular complexity index is 595. The predicted octanol–water partition coefficient (Wildman–Crippen LogP) is 1.24. The van der Waals surface area contributed by atoms with Crippen LogP contribution in [0.4, 0.5) is 5.69 Å². The topological polar surface area (TPSA) is 87.6 Å². The number of anilines is 1. The number of hydrogen-bond acceptors (Lipinski definition) is 4. The second kappa shape index (κ2) is 4.56.